The lowest BCUT2D eigenvalue weighted by Gasteiger charge is -2.09. The van der Waals surface area contributed by atoms with Gasteiger partial charge in [-0.05, 0) is 43.0 Å². The topological polar surface area (TPSA) is 72.5 Å². The number of hydrogen-bond acceptors (Lipinski definition) is 4. The third kappa shape index (κ3) is 4.19. The summed E-state index contributed by atoms with van der Waals surface area (Å²) < 4.78 is 27.4. The molecule has 1 heterocycles. The summed E-state index contributed by atoms with van der Waals surface area (Å²) in [5.41, 5.74) is 0.414. The highest BCUT2D eigenvalue weighted by Gasteiger charge is 2.16. The molecular formula is C13H16ClNO4S. The Morgan fingerprint density at radius 3 is 2.60 bits per heavy atom. The molecule has 1 unspecified atom stereocenters. The predicted molar refractivity (Wildman–Crippen MR) is 75.4 cm³/mol. The van der Waals surface area contributed by atoms with Gasteiger partial charge in [0.2, 0.25) is 0 Å². The van der Waals surface area contributed by atoms with Gasteiger partial charge in [-0.25, -0.2) is 8.42 Å². The molecule has 20 heavy (non-hydrogen) atoms. The molecule has 0 aliphatic carbocycles. The van der Waals surface area contributed by atoms with Gasteiger partial charge in [0.05, 0.1) is 4.90 Å². The SMILES string of the molecule is O=C(NCCC1CCOC1)c1ccc(S(=O)(=O)Cl)cc1. The molecule has 1 aliphatic heterocycles. The van der Waals surface area contributed by atoms with Crippen molar-refractivity contribution in [3.63, 3.8) is 0 Å². The van der Waals surface area contributed by atoms with Crippen molar-refractivity contribution < 1.29 is 17.9 Å². The fraction of sp³-hybridized carbons (Fsp3) is 0.462. The zero-order valence-electron chi connectivity index (χ0n) is 10.8. The summed E-state index contributed by atoms with van der Waals surface area (Å²) in [5.74, 6) is 0.293. The molecule has 1 aromatic carbocycles. The van der Waals surface area contributed by atoms with E-state index in [2.05, 4.69) is 5.32 Å². The van der Waals surface area contributed by atoms with Crippen LogP contribution in [0.15, 0.2) is 29.2 Å². The van der Waals surface area contributed by atoms with E-state index in [0.29, 0.717) is 18.0 Å². The third-order valence-electron chi connectivity index (χ3n) is 3.26. The molecule has 1 aromatic rings. The lowest BCUT2D eigenvalue weighted by molar-refractivity contribution is 0.0950. The average Bonchev–Trinajstić information content (AvgIpc) is 2.91. The lowest BCUT2D eigenvalue weighted by atomic mass is 10.1. The quantitative estimate of drug-likeness (QED) is 0.840. The van der Waals surface area contributed by atoms with Crippen LogP contribution in [-0.2, 0) is 13.8 Å². The fourth-order valence-corrected chi connectivity index (χ4v) is 2.84. The second-order valence-electron chi connectivity index (χ2n) is 4.74. The molecule has 0 radical (unpaired) electrons. The minimum Gasteiger partial charge on any atom is -0.381 e. The Kier molecular flexibility index (Phi) is 5.01. The van der Waals surface area contributed by atoms with Gasteiger partial charge in [-0.2, -0.15) is 0 Å². The van der Waals surface area contributed by atoms with E-state index in [1.54, 1.807) is 0 Å². The first-order chi connectivity index (χ1) is 9.47. The molecule has 0 saturated carbocycles. The maximum absolute atomic E-state index is 11.9. The van der Waals surface area contributed by atoms with Gasteiger partial charge in [0.25, 0.3) is 15.0 Å². The summed E-state index contributed by atoms with van der Waals surface area (Å²) in [6, 6.07) is 5.54. The van der Waals surface area contributed by atoms with Crippen LogP contribution in [0.4, 0.5) is 0 Å². The van der Waals surface area contributed by atoms with Crippen molar-refractivity contribution in [3.8, 4) is 0 Å². The smallest absolute Gasteiger partial charge is 0.261 e. The number of nitrogens with one attached hydrogen (secondary N) is 1. The Morgan fingerprint density at radius 1 is 1.35 bits per heavy atom. The third-order valence-corrected chi connectivity index (χ3v) is 4.63. The van der Waals surface area contributed by atoms with Crippen molar-refractivity contribution in [2.24, 2.45) is 5.92 Å². The van der Waals surface area contributed by atoms with E-state index in [9.17, 15) is 13.2 Å². The van der Waals surface area contributed by atoms with Crippen molar-refractivity contribution in [2.45, 2.75) is 17.7 Å². The number of benzene rings is 1. The number of halogens is 1. The average molecular weight is 318 g/mol. The normalized spacial score (nSPS) is 18.9. The van der Waals surface area contributed by atoms with Gasteiger partial charge in [-0.3, -0.25) is 4.79 Å². The molecule has 0 aromatic heterocycles. The zero-order chi connectivity index (χ0) is 14.6. The van der Waals surface area contributed by atoms with Gasteiger partial charge in [0.1, 0.15) is 0 Å². The number of rotatable bonds is 5. The predicted octanol–water partition coefficient (Wildman–Crippen LogP) is 1.77. The highest BCUT2D eigenvalue weighted by Crippen LogP contribution is 2.16. The van der Waals surface area contributed by atoms with Gasteiger partial charge in [0.15, 0.2) is 0 Å². The Morgan fingerprint density at radius 2 is 2.05 bits per heavy atom. The Balaban J connectivity index is 1.85. The molecule has 1 saturated heterocycles. The van der Waals surface area contributed by atoms with Crippen LogP contribution in [0, 0.1) is 5.92 Å². The van der Waals surface area contributed by atoms with Crippen LogP contribution in [0.1, 0.15) is 23.2 Å². The zero-order valence-corrected chi connectivity index (χ0v) is 12.4. The molecule has 1 amide bonds. The Labute approximate surface area is 122 Å². The molecule has 2 rings (SSSR count). The number of ether oxygens (including phenoxy) is 1. The standard InChI is InChI=1S/C13H16ClNO4S/c14-20(17,18)12-3-1-11(2-4-12)13(16)15-7-5-10-6-8-19-9-10/h1-4,10H,5-9H2,(H,15,16). The van der Waals surface area contributed by atoms with Gasteiger partial charge in [-0.1, -0.05) is 0 Å². The first-order valence-electron chi connectivity index (χ1n) is 6.37. The highest BCUT2D eigenvalue weighted by atomic mass is 35.7. The second kappa shape index (κ2) is 6.56. The van der Waals surface area contributed by atoms with E-state index >= 15 is 0 Å². The maximum Gasteiger partial charge on any atom is 0.261 e. The first kappa shape index (κ1) is 15.3. The molecular weight excluding hydrogens is 302 g/mol. The largest absolute Gasteiger partial charge is 0.381 e. The Hall–Kier alpha value is -1.11. The molecule has 0 spiro atoms. The number of amides is 1. The summed E-state index contributed by atoms with van der Waals surface area (Å²) in [6.07, 6.45) is 1.93. The van der Waals surface area contributed by atoms with Gasteiger partial charge in [0, 0.05) is 36.0 Å². The molecule has 7 heteroatoms. The van der Waals surface area contributed by atoms with Gasteiger partial charge >= 0.3 is 0 Å². The number of hydrogen-bond donors (Lipinski definition) is 1. The van der Waals surface area contributed by atoms with E-state index in [1.165, 1.54) is 24.3 Å². The van der Waals surface area contributed by atoms with Crippen molar-refractivity contribution in [2.75, 3.05) is 19.8 Å². The lowest BCUT2D eigenvalue weighted by Crippen LogP contribution is -2.26. The Bertz CT molecular complexity index is 565. The molecule has 5 nitrogen and oxygen atoms in total. The fourth-order valence-electron chi connectivity index (χ4n) is 2.07. The van der Waals surface area contributed by atoms with Crippen molar-refractivity contribution in [1.29, 1.82) is 0 Å². The van der Waals surface area contributed by atoms with Crippen molar-refractivity contribution >= 4 is 25.6 Å². The number of carbonyl (C=O) groups excluding carboxylic acids is 1. The van der Waals surface area contributed by atoms with Gasteiger partial charge < -0.3 is 10.1 Å². The van der Waals surface area contributed by atoms with Crippen LogP contribution in [0.5, 0.6) is 0 Å². The number of carbonyl (C=O) groups is 1. The summed E-state index contributed by atoms with van der Waals surface area (Å²) >= 11 is 0. The molecule has 1 atom stereocenters. The minimum atomic E-state index is -3.75. The molecule has 1 fully saturated rings. The molecule has 0 bridgehead atoms. The van der Waals surface area contributed by atoms with Crippen LogP contribution < -0.4 is 5.32 Å². The summed E-state index contributed by atoms with van der Waals surface area (Å²) in [4.78, 5) is 11.8. The van der Waals surface area contributed by atoms with E-state index < -0.39 is 9.05 Å². The monoisotopic (exact) mass is 317 g/mol. The van der Waals surface area contributed by atoms with Crippen molar-refractivity contribution in [3.05, 3.63) is 29.8 Å². The van der Waals surface area contributed by atoms with E-state index in [-0.39, 0.29) is 10.8 Å². The van der Waals surface area contributed by atoms with Crippen LogP contribution in [0.3, 0.4) is 0 Å². The summed E-state index contributed by atoms with van der Waals surface area (Å²) in [7, 11) is 1.46. The van der Waals surface area contributed by atoms with Gasteiger partial charge in [-0.15, -0.1) is 0 Å². The molecule has 1 aliphatic rings. The summed E-state index contributed by atoms with van der Waals surface area (Å²) in [5, 5.41) is 2.81. The van der Waals surface area contributed by atoms with E-state index in [0.717, 1.165) is 26.1 Å². The molecule has 110 valence electrons. The molecule has 1 N–H and O–H groups in total. The van der Waals surface area contributed by atoms with E-state index in [1.807, 2.05) is 0 Å². The van der Waals surface area contributed by atoms with Crippen LogP contribution in [0.2, 0.25) is 0 Å². The van der Waals surface area contributed by atoms with Crippen molar-refractivity contribution in [1.82, 2.24) is 5.32 Å². The van der Waals surface area contributed by atoms with E-state index in [4.69, 9.17) is 15.4 Å². The van der Waals surface area contributed by atoms with Crippen LogP contribution in [-0.4, -0.2) is 34.1 Å². The first-order valence-corrected chi connectivity index (χ1v) is 8.68. The second-order valence-corrected chi connectivity index (χ2v) is 7.30. The summed E-state index contributed by atoms with van der Waals surface area (Å²) in [6.45, 7) is 2.15. The van der Waals surface area contributed by atoms with Crippen LogP contribution >= 0.6 is 10.7 Å². The highest BCUT2D eigenvalue weighted by molar-refractivity contribution is 8.13. The maximum atomic E-state index is 11.9. The van der Waals surface area contributed by atoms with Crippen LogP contribution in [0.25, 0.3) is 0 Å². The minimum absolute atomic E-state index is 0.0150.